The topological polar surface area (TPSA) is 64.2 Å². The Morgan fingerprint density at radius 2 is 1.92 bits per heavy atom. The van der Waals surface area contributed by atoms with Gasteiger partial charge in [-0.25, -0.2) is 4.79 Å². The molecular formula is C20H18N2O3. The lowest BCUT2D eigenvalue weighted by molar-refractivity contribution is 0.0526. The van der Waals surface area contributed by atoms with Crippen LogP contribution in [0.15, 0.2) is 42.6 Å². The van der Waals surface area contributed by atoms with Gasteiger partial charge in [0.15, 0.2) is 0 Å². The number of benzene rings is 2. The van der Waals surface area contributed by atoms with E-state index in [1.165, 1.54) is 0 Å². The predicted molar refractivity (Wildman–Crippen MR) is 95.2 cm³/mol. The van der Waals surface area contributed by atoms with Crippen LogP contribution in [0.4, 0.5) is 0 Å². The lowest BCUT2D eigenvalue weighted by Gasteiger charge is -2.09. The molecule has 0 bridgehead atoms. The van der Waals surface area contributed by atoms with Crippen LogP contribution in [0.5, 0.6) is 5.75 Å². The van der Waals surface area contributed by atoms with Gasteiger partial charge >= 0.3 is 5.97 Å². The number of esters is 1. The highest BCUT2D eigenvalue weighted by atomic mass is 16.5. The normalized spacial score (nSPS) is 10.5. The maximum Gasteiger partial charge on any atom is 0.338 e. The van der Waals surface area contributed by atoms with Crippen molar-refractivity contribution in [1.29, 1.82) is 5.26 Å². The van der Waals surface area contributed by atoms with Gasteiger partial charge in [-0.3, -0.25) is 0 Å². The molecule has 0 aliphatic rings. The first-order valence-corrected chi connectivity index (χ1v) is 7.97. The van der Waals surface area contributed by atoms with Gasteiger partial charge in [0.2, 0.25) is 0 Å². The first-order chi connectivity index (χ1) is 12.1. The number of rotatable bonds is 4. The first kappa shape index (κ1) is 16.6. The van der Waals surface area contributed by atoms with E-state index in [2.05, 4.69) is 6.07 Å². The molecule has 0 aliphatic carbocycles. The third-order valence-electron chi connectivity index (χ3n) is 4.18. The zero-order chi connectivity index (χ0) is 18.0. The van der Waals surface area contributed by atoms with Crippen LogP contribution in [0.2, 0.25) is 0 Å². The van der Waals surface area contributed by atoms with Gasteiger partial charge in [-0.2, -0.15) is 5.26 Å². The summed E-state index contributed by atoms with van der Waals surface area (Å²) < 4.78 is 12.3. The number of carbonyl (C=O) groups excluding carboxylic acids is 1. The molecule has 0 spiro atoms. The standard InChI is InChI=1S/C20H18N2O3/c1-4-25-20(23)14-5-7-16(8-6-14)22-12-15(11-21)19-13(2)18(24-3)10-9-17(19)22/h5-10,12H,4H2,1-3H3. The van der Waals surface area contributed by atoms with Gasteiger partial charge in [-0.15, -0.1) is 0 Å². The average Bonchev–Trinajstić information content (AvgIpc) is 3.02. The van der Waals surface area contributed by atoms with Gasteiger partial charge in [0.25, 0.3) is 0 Å². The van der Waals surface area contributed by atoms with E-state index in [1.54, 1.807) is 32.4 Å². The average molecular weight is 334 g/mol. The van der Waals surface area contributed by atoms with Gasteiger partial charge < -0.3 is 14.0 Å². The molecule has 0 atom stereocenters. The molecule has 0 saturated carbocycles. The minimum absolute atomic E-state index is 0.343. The van der Waals surface area contributed by atoms with Crippen LogP contribution in [0.3, 0.4) is 0 Å². The van der Waals surface area contributed by atoms with Crippen molar-refractivity contribution in [2.24, 2.45) is 0 Å². The molecule has 5 nitrogen and oxygen atoms in total. The Morgan fingerprint density at radius 1 is 1.20 bits per heavy atom. The number of aromatic nitrogens is 1. The molecule has 0 saturated heterocycles. The van der Waals surface area contributed by atoms with Gasteiger partial charge in [-0.1, -0.05) is 0 Å². The molecule has 2 aromatic carbocycles. The zero-order valence-corrected chi connectivity index (χ0v) is 14.4. The summed E-state index contributed by atoms with van der Waals surface area (Å²) in [6, 6.07) is 13.2. The molecule has 0 amide bonds. The van der Waals surface area contributed by atoms with Crippen LogP contribution in [-0.4, -0.2) is 24.3 Å². The van der Waals surface area contributed by atoms with Crippen LogP contribution in [-0.2, 0) is 4.74 Å². The van der Waals surface area contributed by atoms with Gasteiger partial charge in [0.05, 0.1) is 30.4 Å². The summed E-state index contributed by atoms with van der Waals surface area (Å²) in [5.74, 6) is 0.407. The third-order valence-corrected chi connectivity index (χ3v) is 4.18. The molecule has 5 heteroatoms. The van der Waals surface area contributed by atoms with Crippen molar-refractivity contribution < 1.29 is 14.3 Å². The summed E-state index contributed by atoms with van der Waals surface area (Å²) in [4.78, 5) is 11.8. The lowest BCUT2D eigenvalue weighted by Crippen LogP contribution is -2.04. The van der Waals surface area contributed by atoms with Crippen LogP contribution in [0, 0.1) is 18.3 Å². The summed E-state index contributed by atoms with van der Waals surface area (Å²) in [6.07, 6.45) is 1.80. The number of nitrogens with zero attached hydrogens (tertiary/aromatic N) is 2. The molecule has 1 aromatic heterocycles. The minimum atomic E-state index is -0.343. The number of fused-ring (bicyclic) bond motifs is 1. The van der Waals surface area contributed by atoms with Crippen LogP contribution in [0.25, 0.3) is 16.6 Å². The predicted octanol–water partition coefficient (Wildman–Crippen LogP) is 4.00. The van der Waals surface area contributed by atoms with Crippen LogP contribution < -0.4 is 4.74 Å². The molecule has 126 valence electrons. The molecule has 0 radical (unpaired) electrons. The second-order valence-electron chi connectivity index (χ2n) is 5.58. The van der Waals surface area contributed by atoms with Gasteiger partial charge in [0.1, 0.15) is 11.8 Å². The Balaban J connectivity index is 2.12. The number of methoxy groups -OCH3 is 1. The molecule has 3 rings (SSSR count). The summed E-state index contributed by atoms with van der Waals surface area (Å²) in [5, 5.41) is 10.4. The highest BCUT2D eigenvalue weighted by Crippen LogP contribution is 2.32. The van der Waals surface area contributed by atoms with E-state index in [-0.39, 0.29) is 5.97 Å². The van der Waals surface area contributed by atoms with Gasteiger partial charge in [-0.05, 0) is 50.2 Å². The van der Waals surface area contributed by atoms with Crippen molar-refractivity contribution in [2.75, 3.05) is 13.7 Å². The number of carbonyl (C=O) groups is 1. The third kappa shape index (κ3) is 2.83. The fourth-order valence-corrected chi connectivity index (χ4v) is 2.97. The van der Waals surface area contributed by atoms with E-state index in [0.717, 1.165) is 27.9 Å². The van der Waals surface area contributed by atoms with E-state index in [9.17, 15) is 10.1 Å². The summed E-state index contributed by atoms with van der Waals surface area (Å²) in [6.45, 7) is 4.06. The van der Waals surface area contributed by atoms with Crippen LogP contribution in [0.1, 0.15) is 28.4 Å². The lowest BCUT2D eigenvalue weighted by atomic mass is 10.1. The van der Waals surface area contributed by atoms with E-state index in [4.69, 9.17) is 9.47 Å². The molecular weight excluding hydrogens is 316 g/mol. The molecule has 0 unspecified atom stereocenters. The van der Waals surface area contributed by atoms with Crippen molar-refractivity contribution in [3.8, 4) is 17.5 Å². The Bertz CT molecular complexity index is 979. The second-order valence-corrected chi connectivity index (χ2v) is 5.58. The first-order valence-electron chi connectivity index (χ1n) is 7.97. The summed E-state index contributed by atoms with van der Waals surface area (Å²) in [5.41, 5.74) is 3.79. The fraction of sp³-hybridized carbons (Fsp3) is 0.200. The Hall–Kier alpha value is -3.26. The fourth-order valence-electron chi connectivity index (χ4n) is 2.97. The monoisotopic (exact) mass is 334 g/mol. The van der Waals surface area contributed by atoms with Crippen molar-refractivity contribution in [2.45, 2.75) is 13.8 Å². The van der Waals surface area contributed by atoms with Crippen LogP contribution >= 0.6 is 0 Å². The van der Waals surface area contributed by atoms with E-state index in [0.29, 0.717) is 17.7 Å². The molecule has 1 heterocycles. The maximum atomic E-state index is 11.8. The molecule has 3 aromatic rings. The Kier molecular flexibility index (Phi) is 4.44. The Morgan fingerprint density at radius 3 is 2.52 bits per heavy atom. The number of ether oxygens (including phenoxy) is 2. The van der Waals surface area contributed by atoms with Crippen molar-refractivity contribution in [1.82, 2.24) is 4.57 Å². The minimum Gasteiger partial charge on any atom is -0.496 e. The number of nitriles is 1. The Labute approximate surface area is 146 Å². The molecule has 0 aliphatic heterocycles. The zero-order valence-electron chi connectivity index (χ0n) is 14.4. The number of hydrogen-bond donors (Lipinski definition) is 0. The maximum absolute atomic E-state index is 11.8. The molecule has 0 fully saturated rings. The number of hydrogen-bond acceptors (Lipinski definition) is 4. The number of aryl methyl sites for hydroxylation is 1. The SMILES string of the molecule is CCOC(=O)c1ccc(-n2cc(C#N)c3c(C)c(OC)ccc32)cc1. The molecule has 25 heavy (non-hydrogen) atoms. The molecule has 0 N–H and O–H groups in total. The van der Waals surface area contributed by atoms with Crippen molar-refractivity contribution in [3.63, 3.8) is 0 Å². The van der Waals surface area contributed by atoms with Gasteiger partial charge in [0, 0.05) is 22.8 Å². The summed E-state index contributed by atoms with van der Waals surface area (Å²) >= 11 is 0. The van der Waals surface area contributed by atoms with Crippen molar-refractivity contribution >= 4 is 16.9 Å². The second kappa shape index (κ2) is 6.70. The smallest absolute Gasteiger partial charge is 0.338 e. The highest BCUT2D eigenvalue weighted by Gasteiger charge is 2.15. The quantitative estimate of drug-likeness (QED) is 0.677. The van der Waals surface area contributed by atoms with Crippen molar-refractivity contribution in [3.05, 3.63) is 59.3 Å². The highest BCUT2D eigenvalue weighted by molar-refractivity contribution is 5.93. The summed E-state index contributed by atoms with van der Waals surface area (Å²) in [7, 11) is 1.62. The largest absolute Gasteiger partial charge is 0.496 e. The van der Waals surface area contributed by atoms with E-state index < -0.39 is 0 Å². The van der Waals surface area contributed by atoms with E-state index in [1.807, 2.05) is 35.8 Å². The van der Waals surface area contributed by atoms with E-state index >= 15 is 0 Å².